The monoisotopic (exact) mass is 464 g/mol. The topological polar surface area (TPSA) is 68.2 Å². The van der Waals surface area contributed by atoms with Gasteiger partial charge in [-0.2, -0.15) is 0 Å². The summed E-state index contributed by atoms with van der Waals surface area (Å²) in [7, 11) is 0. The first-order valence-corrected chi connectivity index (χ1v) is 12.0. The smallest absolute Gasteiger partial charge is 0.321 e. The van der Waals surface area contributed by atoms with Gasteiger partial charge in [-0.15, -0.1) is 0 Å². The van der Waals surface area contributed by atoms with Crippen molar-refractivity contribution in [2.24, 2.45) is 0 Å². The molecule has 2 aromatic heterocycles. The predicted molar refractivity (Wildman–Crippen MR) is 135 cm³/mol. The van der Waals surface area contributed by atoms with Crippen LogP contribution < -0.4 is 4.74 Å². The molecule has 35 heavy (non-hydrogen) atoms. The SMILES string of the molecule is Cc1cccc(Cc2cccc([C@@H]3CCCN(C(=O)c4cccc(Oc5ncccn5)c4)C3)n2)c1. The molecule has 0 N–H and O–H groups in total. The summed E-state index contributed by atoms with van der Waals surface area (Å²) in [5.74, 6) is 0.772. The molecule has 5 rings (SSSR count). The summed E-state index contributed by atoms with van der Waals surface area (Å²) in [5.41, 5.74) is 5.24. The van der Waals surface area contributed by atoms with Crippen LogP contribution in [-0.4, -0.2) is 38.8 Å². The van der Waals surface area contributed by atoms with E-state index in [9.17, 15) is 4.79 Å². The fraction of sp³-hybridized carbons (Fsp3) is 0.241. The van der Waals surface area contributed by atoms with Crippen LogP contribution in [0.3, 0.4) is 0 Å². The molecule has 1 aliphatic rings. The van der Waals surface area contributed by atoms with Gasteiger partial charge in [-0.1, -0.05) is 42.0 Å². The minimum Gasteiger partial charge on any atom is -0.424 e. The molecule has 3 heterocycles. The molecule has 176 valence electrons. The van der Waals surface area contributed by atoms with Crippen molar-refractivity contribution in [3.05, 3.63) is 113 Å². The van der Waals surface area contributed by atoms with E-state index in [4.69, 9.17) is 9.72 Å². The van der Waals surface area contributed by atoms with Gasteiger partial charge in [-0.05, 0) is 61.7 Å². The molecular weight excluding hydrogens is 436 g/mol. The van der Waals surface area contributed by atoms with Crippen molar-refractivity contribution in [1.82, 2.24) is 19.9 Å². The van der Waals surface area contributed by atoms with E-state index in [2.05, 4.69) is 59.4 Å². The molecule has 1 fully saturated rings. The number of amides is 1. The number of ether oxygens (including phenoxy) is 1. The quantitative estimate of drug-likeness (QED) is 0.372. The van der Waals surface area contributed by atoms with E-state index in [0.717, 1.165) is 37.2 Å². The van der Waals surface area contributed by atoms with Crippen LogP contribution >= 0.6 is 0 Å². The molecule has 0 unspecified atom stereocenters. The van der Waals surface area contributed by atoms with E-state index < -0.39 is 0 Å². The second-order valence-corrected chi connectivity index (χ2v) is 8.97. The van der Waals surface area contributed by atoms with Crippen LogP contribution in [-0.2, 0) is 6.42 Å². The molecule has 6 heteroatoms. The highest BCUT2D eigenvalue weighted by molar-refractivity contribution is 5.94. The Balaban J connectivity index is 1.28. The molecule has 1 atom stereocenters. The summed E-state index contributed by atoms with van der Waals surface area (Å²) in [6.07, 6.45) is 6.03. The third-order valence-electron chi connectivity index (χ3n) is 6.26. The zero-order valence-electron chi connectivity index (χ0n) is 19.8. The van der Waals surface area contributed by atoms with Crippen molar-refractivity contribution >= 4 is 5.91 Å². The van der Waals surface area contributed by atoms with E-state index in [1.807, 2.05) is 17.0 Å². The fourth-order valence-electron chi connectivity index (χ4n) is 4.58. The van der Waals surface area contributed by atoms with Gasteiger partial charge in [-0.3, -0.25) is 9.78 Å². The van der Waals surface area contributed by atoms with Crippen LogP contribution in [0, 0.1) is 6.92 Å². The first kappa shape index (κ1) is 22.7. The molecule has 4 aromatic rings. The van der Waals surface area contributed by atoms with Crippen LogP contribution in [0.2, 0.25) is 0 Å². The first-order chi connectivity index (χ1) is 17.1. The number of hydrogen-bond donors (Lipinski definition) is 0. The zero-order chi connectivity index (χ0) is 24.0. The highest BCUT2D eigenvalue weighted by atomic mass is 16.5. The van der Waals surface area contributed by atoms with Gasteiger partial charge in [0.05, 0.1) is 0 Å². The van der Waals surface area contributed by atoms with Gasteiger partial charge in [0.2, 0.25) is 0 Å². The summed E-state index contributed by atoms with van der Waals surface area (Å²) in [4.78, 5) is 28.4. The van der Waals surface area contributed by atoms with Crippen molar-refractivity contribution < 1.29 is 9.53 Å². The van der Waals surface area contributed by atoms with Crippen LogP contribution in [0.4, 0.5) is 0 Å². The van der Waals surface area contributed by atoms with Gasteiger partial charge >= 0.3 is 6.01 Å². The number of rotatable bonds is 6. The maximum atomic E-state index is 13.3. The number of nitrogens with zero attached hydrogens (tertiary/aromatic N) is 4. The Labute approximate surface area is 205 Å². The van der Waals surface area contributed by atoms with Crippen molar-refractivity contribution in [1.29, 1.82) is 0 Å². The number of likely N-dealkylation sites (tertiary alicyclic amines) is 1. The average Bonchev–Trinajstić information content (AvgIpc) is 2.89. The highest BCUT2D eigenvalue weighted by Gasteiger charge is 2.26. The van der Waals surface area contributed by atoms with Crippen LogP contribution in [0.5, 0.6) is 11.8 Å². The maximum Gasteiger partial charge on any atom is 0.321 e. The predicted octanol–water partition coefficient (Wildman–Crippen LogP) is 5.58. The number of carbonyl (C=O) groups excluding carboxylic acids is 1. The van der Waals surface area contributed by atoms with Crippen LogP contribution in [0.1, 0.15) is 51.6 Å². The van der Waals surface area contributed by atoms with Gasteiger partial charge in [0.25, 0.3) is 5.91 Å². The summed E-state index contributed by atoms with van der Waals surface area (Å²) in [6.45, 7) is 3.51. The molecule has 1 aliphatic heterocycles. The van der Waals surface area contributed by atoms with Gasteiger partial charge in [0.1, 0.15) is 5.75 Å². The molecule has 2 aromatic carbocycles. The second-order valence-electron chi connectivity index (χ2n) is 8.97. The Morgan fingerprint density at radius 1 is 1.00 bits per heavy atom. The third-order valence-corrected chi connectivity index (χ3v) is 6.26. The maximum absolute atomic E-state index is 13.3. The first-order valence-electron chi connectivity index (χ1n) is 12.0. The van der Waals surface area contributed by atoms with Gasteiger partial charge < -0.3 is 9.64 Å². The number of pyridine rings is 1. The van der Waals surface area contributed by atoms with Crippen molar-refractivity contribution in [2.45, 2.75) is 32.1 Å². The number of benzene rings is 2. The minimum atomic E-state index is 0.00467. The number of aryl methyl sites for hydroxylation is 1. The summed E-state index contributed by atoms with van der Waals surface area (Å²) in [5, 5.41) is 0. The van der Waals surface area contributed by atoms with Crippen molar-refractivity contribution in [3.63, 3.8) is 0 Å². The van der Waals surface area contributed by atoms with E-state index in [1.165, 1.54) is 11.1 Å². The Hall–Kier alpha value is -4.06. The number of carbonyl (C=O) groups is 1. The summed E-state index contributed by atoms with van der Waals surface area (Å²) < 4.78 is 5.71. The zero-order valence-corrected chi connectivity index (χ0v) is 19.8. The number of aromatic nitrogens is 3. The molecule has 0 spiro atoms. The van der Waals surface area contributed by atoms with Crippen LogP contribution in [0.15, 0.2) is 85.2 Å². The molecule has 6 nitrogen and oxygen atoms in total. The minimum absolute atomic E-state index is 0.00467. The second kappa shape index (κ2) is 10.5. The van der Waals surface area contributed by atoms with E-state index in [0.29, 0.717) is 17.9 Å². The Bertz CT molecular complexity index is 1310. The van der Waals surface area contributed by atoms with E-state index >= 15 is 0 Å². The lowest BCUT2D eigenvalue weighted by Gasteiger charge is -2.32. The van der Waals surface area contributed by atoms with Crippen molar-refractivity contribution in [2.75, 3.05) is 13.1 Å². The summed E-state index contributed by atoms with van der Waals surface area (Å²) in [6, 6.07) is 24.0. The lowest BCUT2D eigenvalue weighted by atomic mass is 9.93. The number of piperidine rings is 1. The largest absolute Gasteiger partial charge is 0.424 e. The van der Waals surface area contributed by atoms with Gasteiger partial charge in [0, 0.05) is 54.8 Å². The Kier molecular flexibility index (Phi) is 6.80. The number of hydrogen-bond acceptors (Lipinski definition) is 5. The molecule has 0 radical (unpaired) electrons. The van der Waals surface area contributed by atoms with E-state index in [1.54, 1.807) is 30.6 Å². The van der Waals surface area contributed by atoms with Crippen LogP contribution in [0.25, 0.3) is 0 Å². The average molecular weight is 465 g/mol. The third kappa shape index (κ3) is 5.72. The van der Waals surface area contributed by atoms with E-state index in [-0.39, 0.29) is 17.8 Å². The normalized spacial score (nSPS) is 15.6. The summed E-state index contributed by atoms with van der Waals surface area (Å²) >= 11 is 0. The molecule has 0 bridgehead atoms. The van der Waals surface area contributed by atoms with Gasteiger partial charge in [-0.25, -0.2) is 9.97 Å². The Morgan fingerprint density at radius 3 is 2.69 bits per heavy atom. The molecule has 1 amide bonds. The molecular formula is C29H28N4O2. The highest BCUT2D eigenvalue weighted by Crippen LogP contribution is 2.28. The lowest BCUT2D eigenvalue weighted by Crippen LogP contribution is -2.39. The van der Waals surface area contributed by atoms with Crippen molar-refractivity contribution in [3.8, 4) is 11.8 Å². The molecule has 0 saturated carbocycles. The standard InChI is InChI=1S/C29H28N4O2/c1-21-7-2-8-22(17-21)18-25-11-4-13-27(32-25)24-10-5-16-33(20-24)28(34)23-9-3-12-26(19-23)35-29-30-14-6-15-31-29/h2-4,6-9,11-15,17,19,24H,5,10,16,18,20H2,1H3/t24-/m1/s1. The molecule has 1 saturated heterocycles. The lowest BCUT2D eigenvalue weighted by molar-refractivity contribution is 0.0705. The van der Waals surface area contributed by atoms with Gasteiger partial charge in [0.15, 0.2) is 0 Å². The Morgan fingerprint density at radius 2 is 1.83 bits per heavy atom. The molecule has 0 aliphatic carbocycles. The fourth-order valence-corrected chi connectivity index (χ4v) is 4.58.